The molecule has 2 atom stereocenters. The van der Waals surface area contributed by atoms with Crippen molar-refractivity contribution in [1.29, 1.82) is 0 Å². The molecule has 9 heteroatoms. The molecule has 0 spiro atoms. The molecule has 0 aromatic heterocycles. The Morgan fingerprint density at radius 1 is 0.775 bits per heavy atom. The van der Waals surface area contributed by atoms with Crippen molar-refractivity contribution in [2.24, 2.45) is 0 Å². The fourth-order valence-corrected chi connectivity index (χ4v) is 4.73. The first-order valence-corrected chi connectivity index (χ1v) is 12.8. The fourth-order valence-electron chi connectivity index (χ4n) is 4.73. The summed E-state index contributed by atoms with van der Waals surface area (Å²) in [6, 6.07) is 15.3. The molecule has 1 fully saturated rings. The Bertz CT molecular complexity index is 1320. The molecule has 40 heavy (non-hydrogen) atoms. The van der Waals surface area contributed by atoms with Gasteiger partial charge in [-0.25, -0.2) is 4.39 Å². The number of likely N-dealkylation sites (tertiary alicyclic amines) is 1. The van der Waals surface area contributed by atoms with Crippen molar-refractivity contribution >= 4 is 18.1 Å². The van der Waals surface area contributed by atoms with Crippen LogP contribution in [0.5, 0.6) is 28.7 Å². The van der Waals surface area contributed by atoms with Crippen LogP contribution < -0.4 is 23.7 Å². The quantitative estimate of drug-likeness (QED) is 0.160. The van der Waals surface area contributed by atoms with Gasteiger partial charge in [0.05, 0.1) is 41.1 Å². The molecule has 0 N–H and O–H groups in total. The molecule has 0 radical (unpaired) electrons. The van der Waals surface area contributed by atoms with Crippen LogP contribution in [0.25, 0.3) is 12.2 Å². The molecule has 4 rings (SSSR count). The molecule has 0 saturated carbocycles. The molecule has 8 nitrogen and oxygen atoms in total. The van der Waals surface area contributed by atoms with E-state index in [-0.39, 0.29) is 17.8 Å². The van der Waals surface area contributed by atoms with Gasteiger partial charge in [-0.1, -0.05) is 30.4 Å². The van der Waals surface area contributed by atoms with Crippen molar-refractivity contribution in [3.8, 4) is 28.7 Å². The third kappa shape index (κ3) is 6.15. The molecular formula is C31H34FNO7. The Balaban J connectivity index is 1.41. The number of nitrogens with zero attached hydrogens (tertiary/aromatic N) is 1. The number of benzene rings is 3. The molecule has 1 saturated heterocycles. The van der Waals surface area contributed by atoms with Crippen LogP contribution in [0.4, 0.5) is 4.39 Å². The largest absolute Gasteiger partial charge is 0.493 e. The van der Waals surface area contributed by atoms with Crippen molar-refractivity contribution in [2.75, 3.05) is 48.7 Å². The summed E-state index contributed by atoms with van der Waals surface area (Å²) >= 11 is 0. The maximum absolute atomic E-state index is 13.4. The van der Waals surface area contributed by atoms with Gasteiger partial charge < -0.3 is 33.3 Å². The van der Waals surface area contributed by atoms with Crippen LogP contribution in [0.2, 0.25) is 0 Å². The molecule has 1 aliphatic rings. The Morgan fingerprint density at radius 2 is 1.40 bits per heavy atom. The fraction of sp³-hybridized carbons (Fsp3) is 0.323. The predicted molar refractivity (Wildman–Crippen MR) is 150 cm³/mol. The SMILES string of the molecule is COc1ccc(/C=C\c2cc(OC)c(OC)c(OC)c2)cc1OCCCN1C(=O)[C@H](OC)[C@@H]1c1ccc(F)cc1. The lowest BCUT2D eigenvalue weighted by atomic mass is 9.90. The number of halogens is 1. The normalized spacial score (nSPS) is 16.6. The van der Waals surface area contributed by atoms with Gasteiger partial charge in [-0.2, -0.15) is 0 Å². The molecule has 1 heterocycles. The summed E-state index contributed by atoms with van der Waals surface area (Å²) in [6.07, 6.45) is 3.91. The van der Waals surface area contributed by atoms with Crippen molar-refractivity contribution in [3.05, 3.63) is 77.1 Å². The average molecular weight is 552 g/mol. The summed E-state index contributed by atoms with van der Waals surface area (Å²) in [5.41, 5.74) is 2.61. The maximum Gasteiger partial charge on any atom is 0.254 e. The van der Waals surface area contributed by atoms with Crippen LogP contribution in [-0.2, 0) is 9.53 Å². The summed E-state index contributed by atoms with van der Waals surface area (Å²) < 4.78 is 46.6. The number of amides is 1. The van der Waals surface area contributed by atoms with Crippen molar-refractivity contribution in [3.63, 3.8) is 0 Å². The number of hydrogen-bond acceptors (Lipinski definition) is 7. The van der Waals surface area contributed by atoms with E-state index >= 15 is 0 Å². The topological polar surface area (TPSA) is 75.7 Å². The minimum atomic E-state index is -0.569. The van der Waals surface area contributed by atoms with Gasteiger partial charge in [0, 0.05) is 13.7 Å². The third-order valence-electron chi connectivity index (χ3n) is 6.76. The molecule has 3 aromatic carbocycles. The molecule has 3 aromatic rings. The van der Waals surface area contributed by atoms with Crippen LogP contribution >= 0.6 is 0 Å². The highest BCUT2D eigenvalue weighted by molar-refractivity contribution is 5.89. The summed E-state index contributed by atoms with van der Waals surface area (Å²) in [5.74, 6) is 2.46. The standard InChI is InChI=1S/C31H34FNO7/c1-35-24-14-9-20(7-8-21-18-26(36-2)29(38-4)27(19-21)37-3)17-25(24)40-16-6-15-33-28(30(39-5)31(33)34)22-10-12-23(32)13-11-22/h7-14,17-19,28,30H,6,15-16H2,1-5H3/b8-7-/t28-,30+/m0/s1. The molecular weight excluding hydrogens is 517 g/mol. The van der Waals surface area contributed by atoms with Crippen LogP contribution in [0.3, 0.4) is 0 Å². The van der Waals surface area contributed by atoms with Gasteiger partial charge in [0.25, 0.3) is 5.91 Å². The van der Waals surface area contributed by atoms with Gasteiger partial charge in [-0.3, -0.25) is 4.79 Å². The third-order valence-corrected chi connectivity index (χ3v) is 6.76. The number of hydrogen-bond donors (Lipinski definition) is 0. The van der Waals surface area contributed by atoms with Crippen LogP contribution in [-0.4, -0.2) is 65.6 Å². The minimum Gasteiger partial charge on any atom is -0.493 e. The van der Waals surface area contributed by atoms with E-state index in [4.69, 9.17) is 28.4 Å². The molecule has 0 unspecified atom stereocenters. The zero-order valence-corrected chi connectivity index (χ0v) is 23.3. The van der Waals surface area contributed by atoms with E-state index in [9.17, 15) is 9.18 Å². The van der Waals surface area contributed by atoms with Gasteiger partial charge in [-0.05, 0) is 59.5 Å². The maximum atomic E-state index is 13.4. The Hall–Kier alpha value is -4.24. The lowest BCUT2D eigenvalue weighted by molar-refractivity contribution is -0.171. The minimum absolute atomic E-state index is 0.0895. The van der Waals surface area contributed by atoms with Crippen LogP contribution in [0, 0.1) is 5.82 Å². The van der Waals surface area contributed by atoms with E-state index in [1.54, 1.807) is 45.5 Å². The smallest absolute Gasteiger partial charge is 0.254 e. The lowest BCUT2D eigenvalue weighted by Crippen LogP contribution is -2.59. The highest BCUT2D eigenvalue weighted by Crippen LogP contribution is 2.39. The summed E-state index contributed by atoms with van der Waals surface area (Å²) in [6.45, 7) is 0.845. The average Bonchev–Trinajstić information content (AvgIpc) is 2.98. The van der Waals surface area contributed by atoms with Gasteiger partial charge in [0.2, 0.25) is 5.75 Å². The van der Waals surface area contributed by atoms with Crippen molar-refractivity contribution in [2.45, 2.75) is 18.6 Å². The van der Waals surface area contributed by atoms with Crippen LogP contribution in [0.15, 0.2) is 54.6 Å². The number of rotatable bonds is 13. The second kappa shape index (κ2) is 13.2. The van der Waals surface area contributed by atoms with Gasteiger partial charge in [0.15, 0.2) is 29.1 Å². The molecule has 1 aliphatic heterocycles. The Labute approximate surface area is 233 Å². The molecule has 0 bridgehead atoms. The highest BCUT2D eigenvalue weighted by atomic mass is 19.1. The Morgan fingerprint density at radius 3 is 2.00 bits per heavy atom. The van der Waals surface area contributed by atoms with Gasteiger partial charge in [0.1, 0.15) is 5.82 Å². The van der Waals surface area contributed by atoms with E-state index < -0.39 is 6.10 Å². The summed E-state index contributed by atoms with van der Waals surface area (Å²) in [7, 11) is 7.82. The highest BCUT2D eigenvalue weighted by Gasteiger charge is 2.48. The number of methoxy groups -OCH3 is 5. The van der Waals surface area contributed by atoms with Crippen molar-refractivity contribution in [1.82, 2.24) is 4.90 Å². The predicted octanol–water partition coefficient (Wildman–Crippen LogP) is 5.40. The number of carbonyl (C=O) groups excluding carboxylic acids is 1. The molecule has 0 aliphatic carbocycles. The first kappa shape index (κ1) is 28.8. The molecule has 212 valence electrons. The summed E-state index contributed by atoms with van der Waals surface area (Å²) in [5, 5.41) is 0. The van der Waals surface area contributed by atoms with E-state index in [0.29, 0.717) is 48.3 Å². The number of β-lactam (4-membered cyclic amide) rings is 1. The number of carbonyl (C=O) groups is 1. The lowest BCUT2D eigenvalue weighted by Gasteiger charge is -2.46. The van der Waals surface area contributed by atoms with E-state index in [0.717, 1.165) is 16.7 Å². The molecule has 1 amide bonds. The number of ether oxygens (including phenoxy) is 6. The second-order valence-electron chi connectivity index (χ2n) is 9.09. The Kier molecular flexibility index (Phi) is 9.50. The van der Waals surface area contributed by atoms with E-state index in [1.165, 1.54) is 19.2 Å². The zero-order valence-electron chi connectivity index (χ0n) is 23.3. The first-order chi connectivity index (χ1) is 19.4. The van der Waals surface area contributed by atoms with Gasteiger partial charge >= 0.3 is 0 Å². The monoisotopic (exact) mass is 551 g/mol. The van der Waals surface area contributed by atoms with E-state index in [2.05, 4.69) is 0 Å². The van der Waals surface area contributed by atoms with Crippen LogP contribution in [0.1, 0.15) is 29.2 Å². The first-order valence-electron chi connectivity index (χ1n) is 12.8. The second-order valence-corrected chi connectivity index (χ2v) is 9.09. The van der Waals surface area contributed by atoms with Crippen molar-refractivity contribution < 1.29 is 37.6 Å². The van der Waals surface area contributed by atoms with Gasteiger partial charge in [-0.15, -0.1) is 0 Å². The van der Waals surface area contributed by atoms with E-state index in [1.807, 2.05) is 42.5 Å². The zero-order chi connectivity index (χ0) is 28.6. The summed E-state index contributed by atoms with van der Waals surface area (Å²) in [4.78, 5) is 14.3.